The van der Waals surface area contributed by atoms with Gasteiger partial charge in [0, 0.05) is 18.2 Å². The molecule has 5 rings (SSSR count). The zero-order chi connectivity index (χ0) is 23.5. The average molecular weight is 453 g/mol. The maximum Gasteiger partial charge on any atom is 0.416 e. The standard InChI is InChI=1S/C23H18F3N5O2/c1-3-12-6-16-17(31-11-28-9-18(31)21(27)29-16)8-15(12)22(32)30(2)19-10-33-20-7-13(23(24,25)26)4-5-14(19)20/h3-9,11,19H,1,10H2,2H3,(H2,27,29)/t19-/m1/s1. The Morgan fingerprint density at radius 1 is 1.30 bits per heavy atom. The van der Waals surface area contributed by atoms with Gasteiger partial charge in [0.1, 0.15) is 23.7 Å². The fourth-order valence-corrected chi connectivity index (χ4v) is 4.11. The predicted octanol–water partition coefficient (Wildman–Crippen LogP) is 4.33. The zero-order valence-corrected chi connectivity index (χ0v) is 17.4. The molecular formula is C23H18F3N5O2. The first-order chi connectivity index (χ1) is 15.7. The molecule has 1 aliphatic heterocycles. The summed E-state index contributed by atoms with van der Waals surface area (Å²) in [6, 6.07) is 6.18. The van der Waals surface area contributed by atoms with Crippen LogP contribution in [0.15, 0.2) is 49.4 Å². The summed E-state index contributed by atoms with van der Waals surface area (Å²) in [7, 11) is 1.59. The predicted molar refractivity (Wildman–Crippen MR) is 117 cm³/mol. The summed E-state index contributed by atoms with van der Waals surface area (Å²) in [5, 5.41) is 0. The van der Waals surface area contributed by atoms with Crippen molar-refractivity contribution in [3.05, 3.63) is 71.7 Å². The number of nitrogen functional groups attached to an aromatic ring is 1. The molecule has 1 aliphatic rings. The number of imidazole rings is 1. The molecule has 2 aromatic heterocycles. The minimum Gasteiger partial charge on any atom is -0.491 e. The minimum absolute atomic E-state index is 0.0553. The van der Waals surface area contributed by atoms with E-state index in [1.807, 2.05) is 0 Å². The Hall–Kier alpha value is -4.08. The van der Waals surface area contributed by atoms with Gasteiger partial charge < -0.3 is 15.4 Å². The molecule has 0 spiro atoms. The molecule has 1 atom stereocenters. The molecule has 2 aromatic carbocycles. The molecule has 168 valence electrons. The summed E-state index contributed by atoms with van der Waals surface area (Å²) in [6.45, 7) is 3.86. The number of nitrogens with zero attached hydrogens (tertiary/aromatic N) is 4. The Bertz CT molecular complexity index is 1440. The molecular weight excluding hydrogens is 435 g/mol. The SMILES string of the molecule is C=Cc1cc2nc(N)c3cncn3c2cc1C(=O)N(C)[C@@H]1COc2cc(C(F)(F)F)ccc21. The zero-order valence-electron chi connectivity index (χ0n) is 17.4. The fourth-order valence-electron chi connectivity index (χ4n) is 4.11. The van der Waals surface area contributed by atoms with Crippen molar-refractivity contribution in [2.45, 2.75) is 12.2 Å². The van der Waals surface area contributed by atoms with Crippen LogP contribution < -0.4 is 10.5 Å². The molecule has 4 aromatic rings. The molecule has 0 saturated heterocycles. The van der Waals surface area contributed by atoms with Gasteiger partial charge in [-0.2, -0.15) is 13.2 Å². The Morgan fingerprint density at radius 2 is 2.09 bits per heavy atom. The monoisotopic (exact) mass is 453 g/mol. The molecule has 0 bridgehead atoms. The summed E-state index contributed by atoms with van der Waals surface area (Å²) < 4.78 is 46.3. The smallest absolute Gasteiger partial charge is 0.416 e. The molecule has 3 heterocycles. The number of hydrogen-bond donors (Lipinski definition) is 1. The third kappa shape index (κ3) is 3.25. The highest BCUT2D eigenvalue weighted by atomic mass is 19.4. The van der Waals surface area contributed by atoms with Crippen LogP contribution in [0.4, 0.5) is 19.0 Å². The number of anilines is 1. The van der Waals surface area contributed by atoms with E-state index in [0.717, 1.165) is 12.1 Å². The largest absolute Gasteiger partial charge is 0.491 e. The van der Waals surface area contributed by atoms with E-state index in [-0.39, 0.29) is 18.3 Å². The molecule has 0 unspecified atom stereocenters. The summed E-state index contributed by atoms with van der Waals surface area (Å²) in [6.07, 6.45) is 0.239. The number of likely N-dealkylation sites (N-methyl/N-ethyl adjacent to an activating group) is 1. The van der Waals surface area contributed by atoms with E-state index < -0.39 is 17.8 Å². The Balaban J connectivity index is 1.55. The number of aromatic nitrogens is 3. The van der Waals surface area contributed by atoms with Gasteiger partial charge in [0.15, 0.2) is 0 Å². The molecule has 1 amide bonds. The van der Waals surface area contributed by atoms with Crippen molar-refractivity contribution in [1.82, 2.24) is 19.3 Å². The van der Waals surface area contributed by atoms with Crippen LogP contribution in [0.1, 0.15) is 33.1 Å². The first-order valence-corrected chi connectivity index (χ1v) is 9.98. The van der Waals surface area contributed by atoms with E-state index >= 15 is 0 Å². The molecule has 7 nitrogen and oxygen atoms in total. The number of fused-ring (bicyclic) bond motifs is 4. The van der Waals surface area contributed by atoms with Gasteiger partial charge in [-0.05, 0) is 29.8 Å². The number of benzene rings is 2. The highest BCUT2D eigenvalue weighted by molar-refractivity contribution is 6.02. The second-order valence-corrected chi connectivity index (χ2v) is 7.77. The van der Waals surface area contributed by atoms with E-state index in [1.54, 1.807) is 42.2 Å². The van der Waals surface area contributed by atoms with Gasteiger partial charge in [-0.1, -0.05) is 18.7 Å². The number of halogens is 3. The van der Waals surface area contributed by atoms with Gasteiger partial charge in [-0.3, -0.25) is 9.20 Å². The number of nitrogens with two attached hydrogens (primary N) is 1. The van der Waals surface area contributed by atoms with Crippen LogP contribution in [0, 0.1) is 0 Å². The lowest BCUT2D eigenvalue weighted by Crippen LogP contribution is -2.32. The minimum atomic E-state index is -4.47. The lowest BCUT2D eigenvalue weighted by molar-refractivity contribution is -0.137. The highest BCUT2D eigenvalue weighted by Gasteiger charge is 2.36. The van der Waals surface area contributed by atoms with Gasteiger partial charge in [-0.25, -0.2) is 9.97 Å². The van der Waals surface area contributed by atoms with Crippen molar-refractivity contribution in [3.63, 3.8) is 0 Å². The van der Waals surface area contributed by atoms with Crippen LogP contribution in [0.2, 0.25) is 0 Å². The molecule has 10 heteroatoms. The van der Waals surface area contributed by atoms with Gasteiger partial charge in [0.25, 0.3) is 5.91 Å². The Labute approximate surface area is 185 Å². The van der Waals surface area contributed by atoms with Crippen molar-refractivity contribution >= 4 is 34.4 Å². The topological polar surface area (TPSA) is 85.8 Å². The molecule has 0 aliphatic carbocycles. The van der Waals surface area contributed by atoms with Gasteiger partial charge >= 0.3 is 6.18 Å². The average Bonchev–Trinajstić information content (AvgIpc) is 3.44. The molecule has 0 saturated carbocycles. The number of amides is 1. The van der Waals surface area contributed by atoms with Crippen LogP contribution in [-0.4, -0.2) is 38.8 Å². The molecule has 0 radical (unpaired) electrons. The van der Waals surface area contributed by atoms with Crippen LogP contribution >= 0.6 is 0 Å². The normalized spacial score (nSPS) is 15.5. The third-order valence-corrected chi connectivity index (χ3v) is 5.88. The van der Waals surface area contributed by atoms with Crippen molar-refractivity contribution in [3.8, 4) is 5.75 Å². The van der Waals surface area contributed by atoms with Gasteiger partial charge in [0.2, 0.25) is 0 Å². The second kappa shape index (κ2) is 7.22. The van der Waals surface area contributed by atoms with Gasteiger partial charge in [-0.15, -0.1) is 0 Å². The first-order valence-electron chi connectivity index (χ1n) is 9.98. The van der Waals surface area contributed by atoms with E-state index in [0.29, 0.717) is 39.1 Å². The maximum atomic E-state index is 13.5. The lowest BCUT2D eigenvalue weighted by Gasteiger charge is -2.25. The van der Waals surface area contributed by atoms with Crippen molar-refractivity contribution in [1.29, 1.82) is 0 Å². The first kappa shape index (κ1) is 20.8. The molecule has 33 heavy (non-hydrogen) atoms. The van der Waals surface area contributed by atoms with Crippen molar-refractivity contribution in [2.24, 2.45) is 0 Å². The highest BCUT2D eigenvalue weighted by Crippen LogP contribution is 2.40. The van der Waals surface area contributed by atoms with E-state index in [1.165, 1.54) is 11.0 Å². The molecule has 0 fully saturated rings. The van der Waals surface area contributed by atoms with Crippen LogP contribution in [0.3, 0.4) is 0 Å². The lowest BCUT2D eigenvalue weighted by atomic mass is 10.0. The number of ether oxygens (including phenoxy) is 1. The van der Waals surface area contributed by atoms with E-state index in [9.17, 15) is 18.0 Å². The maximum absolute atomic E-state index is 13.5. The van der Waals surface area contributed by atoms with E-state index in [2.05, 4.69) is 16.5 Å². The second-order valence-electron chi connectivity index (χ2n) is 7.77. The van der Waals surface area contributed by atoms with E-state index in [4.69, 9.17) is 10.5 Å². The molecule has 2 N–H and O–H groups in total. The number of carbonyl (C=O) groups excluding carboxylic acids is 1. The van der Waals surface area contributed by atoms with Crippen LogP contribution in [0.25, 0.3) is 22.6 Å². The number of alkyl halides is 3. The quantitative estimate of drug-likeness (QED) is 0.499. The Morgan fingerprint density at radius 3 is 2.82 bits per heavy atom. The third-order valence-electron chi connectivity index (χ3n) is 5.88. The summed E-state index contributed by atoms with van der Waals surface area (Å²) in [5.41, 5.74) is 8.47. The summed E-state index contributed by atoms with van der Waals surface area (Å²) in [4.78, 5) is 23.5. The summed E-state index contributed by atoms with van der Waals surface area (Å²) >= 11 is 0. The van der Waals surface area contributed by atoms with Crippen LogP contribution in [-0.2, 0) is 6.18 Å². The van der Waals surface area contributed by atoms with Crippen LogP contribution in [0.5, 0.6) is 5.75 Å². The number of hydrogen-bond acceptors (Lipinski definition) is 5. The van der Waals surface area contributed by atoms with Crippen molar-refractivity contribution in [2.75, 3.05) is 19.4 Å². The number of carbonyl (C=O) groups is 1. The summed E-state index contributed by atoms with van der Waals surface area (Å²) in [5.74, 6) is 0.0964. The fraction of sp³-hybridized carbons (Fsp3) is 0.174. The van der Waals surface area contributed by atoms with Gasteiger partial charge in [0.05, 0.1) is 35.2 Å². The number of rotatable bonds is 3. The van der Waals surface area contributed by atoms with Crippen molar-refractivity contribution < 1.29 is 22.7 Å². The Kier molecular flexibility index (Phi) is 4.55.